The number of aryl methyl sites for hydroxylation is 1. The molecule has 21 heavy (non-hydrogen) atoms. The van der Waals surface area contributed by atoms with Crippen LogP contribution in [0.5, 0.6) is 5.75 Å². The first kappa shape index (κ1) is 19.7. The van der Waals surface area contributed by atoms with E-state index in [9.17, 15) is 4.79 Å². The highest BCUT2D eigenvalue weighted by Crippen LogP contribution is 2.16. The molecule has 0 fully saturated rings. The minimum Gasteiger partial charge on any atom is -0.493 e. The van der Waals surface area contributed by atoms with Crippen LogP contribution in [0.25, 0.3) is 0 Å². The molecule has 0 saturated carbocycles. The van der Waals surface area contributed by atoms with E-state index in [-0.39, 0.29) is 30.3 Å². The lowest BCUT2D eigenvalue weighted by atomic mass is 10.0. The molecule has 1 amide bonds. The van der Waals surface area contributed by atoms with Crippen LogP contribution < -0.4 is 10.5 Å². The molecule has 0 bridgehead atoms. The van der Waals surface area contributed by atoms with E-state index in [0.29, 0.717) is 13.2 Å². The van der Waals surface area contributed by atoms with E-state index in [1.807, 2.05) is 52.1 Å². The Bertz CT molecular complexity index is 438. The number of amides is 1. The van der Waals surface area contributed by atoms with Crippen LogP contribution in [-0.2, 0) is 4.79 Å². The average molecular weight is 315 g/mol. The van der Waals surface area contributed by atoms with Crippen molar-refractivity contribution in [1.82, 2.24) is 4.90 Å². The van der Waals surface area contributed by atoms with Gasteiger partial charge in [-0.2, -0.15) is 0 Å². The predicted molar refractivity (Wildman–Crippen MR) is 89.0 cm³/mol. The van der Waals surface area contributed by atoms with E-state index in [1.165, 1.54) is 0 Å². The topological polar surface area (TPSA) is 55.6 Å². The van der Waals surface area contributed by atoms with Crippen molar-refractivity contribution >= 4 is 18.3 Å². The van der Waals surface area contributed by atoms with Crippen LogP contribution in [0.4, 0.5) is 0 Å². The summed E-state index contributed by atoms with van der Waals surface area (Å²) in [6, 6.07) is 7.82. The number of rotatable bonds is 7. The van der Waals surface area contributed by atoms with Gasteiger partial charge in [-0.25, -0.2) is 0 Å². The lowest BCUT2D eigenvalue weighted by Gasteiger charge is -2.23. The van der Waals surface area contributed by atoms with Gasteiger partial charge in [0, 0.05) is 19.6 Å². The van der Waals surface area contributed by atoms with Crippen molar-refractivity contribution in [3.05, 3.63) is 29.8 Å². The Balaban J connectivity index is 0.00000400. The predicted octanol–water partition coefficient (Wildman–Crippen LogP) is 2.63. The van der Waals surface area contributed by atoms with E-state index in [4.69, 9.17) is 10.5 Å². The van der Waals surface area contributed by atoms with Crippen molar-refractivity contribution in [2.24, 2.45) is 11.7 Å². The summed E-state index contributed by atoms with van der Waals surface area (Å²) in [4.78, 5) is 13.7. The number of halogens is 1. The molecule has 0 aliphatic heterocycles. The third kappa shape index (κ3) is 6.36. The summed E-state index contributed by atoms with van der Waals surface area (Å²) in [5.41, 5.74) is 6.88. The van der Waals surface area contributed by atoms with Crippen LogP contribution in [0.15, 0.2) is 24.3 Å². The second-order valence-electron chi connectivity index (χ2n) is 5.38. The van der Waals surface area contributed by atoms with Gasteiger partial charge in [0.05, 0.1) is 12.5 Å². The standard InChI is InChI=1S/C16H26N2O2.ClH/c1-12-8-5-6-9-15(12)20-11-7-10-18(4)16(19)13(2)14(3)17;/h5-6,8-9,13-14H,7,10-11,17H2,1-4H3;1H. The van der Waals surface area contributed by atoms with Gasteiger partial charge in [-0.05, 0) is 31.9 Å². The quantitative estimate of drug-likeness (QED) is 0.787. The van der Waals surface area contributed by atoms with Crippen LogP contribution in [0.2, 0.25) is 0 Å². The van der Waals surface area contributed by atoms with Gasteiger partial charge in [0.25, 0.3) is 0 Å². The molecule has 2 unspecified atom stereocenters. The molecule has 0 saturated heterocycles. The van der Waals surface area contributed by atoms with E-state index < -0.39 is 0 Å². The molecular weight excluding hydrogens is 288 g/mol. The summed E-state index contributed by atoms with van der Waals surface area (Å²) >= 11 is 0. The van der Waals surface area contributed by atoms with Crippen molar-refractivity contribution in [2.45, 2.75) is 33.2 Å². The zero-order valence-electron chi connectivity index (χ0n) is 13.3. The third-order valence-corrected chi connectivity index (χ3v) is 3.54. The second kappa shape index (κ2) is 9.64. The molecule has 0 aliphatic carbocycles. The summed E-state index contributed by atoms with van der Waals surface area (Å²) in [6.07, 6.45) is 0.808. The van der Waals surface area contributed by atoms with Crippen LogP contribution in [-0.4, -0.2) is 37.0 Å². The number of hydrogen-bond donors (Lipinski definition) is 1. The second-order valence-corrected chi connectivity index (χ2v) is 5.38. The minimum absolute atomic E-state index is 0. The van der Waals surface area contributed by atoms with Crippen molar-refractivity contribution in [2.75, 3.05) is 20.2 Å². The number of carbonyl (C=O) groups excluding carboxylic acids is 1. The number of para-hydroxylation sites is 1. The fourth-order valence-corrected chi connectivity index (χ4v) is 1.88. The molecule has 0 radical (unpaired) electrons. The molecular formula is C16H27ClN2O2. The first-order valence-electron chi connectivity index (χ1n) is 7.12. The Morgan fingerprint density at radius 3 is 2.52 bits per heavy atom. The Morgan fingerprint density at radius 2 is 1.95 bits per heavy atom. The molecule has 1 rings (SSSR count). The number of hydrogen-bond acceptors (Lipinski definition) is 3. The zero-order chi connectivity index (χ0) is 15.1. The Labute approximate surface area is 134 Å². The van der Waals surface area contributed by atoms with Crippen LogP contribution in [0, 0.1) is 12.8 Å². The highest BCUT2D eigenvalue weighted by Gasteiger charge is 2.20. The van der Waals surface area contributed by atoms with E-state index in [0.717, 1.165) is 17.7 Å². The molecule has 0 aliphatic rings. The van der Waals surface area contributed by atoms with Crippen LogP contribution in [0.3, 0.4) is 0 Å². The van der Waals surface area contributed by atoms with Gasteiger partial charge in [-0.3, -0.25) is 4.79 Å². The van der Waals surface area contributed by atoms with Gasteiger partial charge in [0.1, 0.15) is 5.75 Å². The Kier molecular flexibility index (Phi) is 9.06. The summed E-state index contributed by atoms with van der Waals surface area (Å²) < 4.78 is 5.71. The molecule has 1 aromatic carbocycles. The SMILES string of the molecule is Cc1ccccc1OCCCN(C)C(=O)C(C)C(C)N.Cl. The number of nitrogens with zero attached hydrogens (tertiary/aromatic N) is 1. The van der Waals surface area contributed by atoms with Gasteiger partial charge in [0.2, 0.25) is 5.91 Å². The van der Waals surface area contributed by atoms with Crippen LogP contribution in [0.1, 0.15) is 25.8 Å². The summed E-state index contributed by atoms with van der Waals surface area (Å²) in [5, 5.41) is 0. The van der Waals surface area contributed by atoms with E-state index in [1.54, 1.807) is 4.90 Å². The van der Waals surface area contributed by atoms with Gasteiger partial charge in [-0.15, -0.1) is 12.4 Å². The van der Waals surface area contributed by atoms with Gasteiger partial charge in [0.15, 0.2) is 0 Å². The fraction of sp³-hybridized carbons (Fsp3) is 0.562. The Hall–Kier alpha value is -1.26. The van der Waals surface area contributed by atoms with Crippen LogP contribution >= 0.6 is 12.4 Å². The van der Waals surface area contributed by atoms with Crippen molar-refractivity contribution in [3.63, 3.8) is 0 Å². The average Bonchev–Trinajstić information content (AvgIpc) is 2.43. The lowest BCUT2D eigenvalue weighted by Crippen LogP contribution is -2.40. The van der Waals surface area contributed by atoms with E-state index >= 15 is 0 Å². The van der Waals surface area contributed by atoms with Gasteiger partial charge in [-0.1, -0.05) is 25.1 Å². The number of carbonyl (C=O) groups is 1. The monoisotopic (exact) mass is 314 g/mol. The smallest absolute Gasteiger partial charge is 0.226 e. The normalized spacial score (nSPS) is 13.0. The molecule has 0 aromatic heterocycles. The molecule has 0 heterocycles. The van der Waals surface area contributed by atoms with Gasteiger partial charge >= 0.3 is 0 Å². The maximum absolute atomic E-state index is 12.0. The first-order valence-corrected chi connectivity index (χ1v) is 7.12. The molecule has 120 valence electrons. The lowest BCUT2D eigenvalue weighted by molar-refractivity contribution is -0.134. The van der Waals surface area contributed by atoms with Crippen molar-refractivity contribution < 1.29 is 9.53 Å². The molecule has 5 heteroatoms. The summed E-state index contributed by atoms with van der Waals surface area (Å²) in [7, 11) is 1.81. The number of nitrogens with two attached hydrogens (primary N) is 1. The molecule has 4 nitrogen and oxygen atoms in total. The molecule has 1 aromatic rings. The largest absolute Gasteiger partial charge is 0.493 e. The van der Waals surface area contributed by atoms with Crippen molar-refractivity contribution in [3.8, 4) is 5.75 Å². The summed E-state index contributed by atoms with van der Waals surface area (Å²) in [5.74, 6) is 0.860. The highest BCUT2D eigenvalue weighted by molar-refractivity contribution is 5.85. The molecule has 2 atom stereocenters. The highest BCUT2D eigenvalue weighted by atomic mass is 35.5. The number of benzene rings is 1. The first-order chi connectivity index (χ1) is 9.43. The fourth-order valence-electron chi connectivity index (χ4n) is 1.88. The van der Waals surface area contributed by atoms with Crippen molar-refractivity contribution in [1.29, 1.82) is 0 Å². The maximum Gasteiger partial charge on any atom is 0.226 e. The minimum atomic E-state index is -0.141. The number of ether oxygens (including phenoxy) is 1. The molecule has 0 spiro atoms. The van der Waals surface area contributed by atoms with E-state index in [2.05, 4.69) is 0 Å². The maximum atomic E-state index is 12.0. The zero-order valence-corrected chi connectivity index (χ0v) is 14.2. The summed E-state index contributed by atoms with van der Waals surface area (Å²) in [6.45, 7) is 7.04. The van der Waals surface area contributed by atoms with Gasteiger partial charge < -0.3 is 15.4 Å². The molecule has 2 N–H and O–H groups in total. The third-order valence-electron chi connectivity index (χ3n) is 3.54. The Morgan fingerprint density at radius 1 is 1.33 bits per heavy atom.